The molecule has 3 nitrogen and oxygen atoms in total. The monoisotopic (exact) mass is 230 g/mol. The average Bonchev–Trinajstić information content (AvgIpc) is 2.93. The summed E-state index contributed by atoms with van der Waals surface area (Å²) in [6.07, 6.45) is 6.46. The standard InChI is InChI=1S/C14H18N2O/c1-16-9-10(5-6-14(15)7-8-14)11-3-2-4-12(17)13(11)16/h2-4,9,17H,5-8,15H2,1H3. The Morgan fingerprint density at radius 1 is 1.41 bits per heavy atom. The maximum absolute atomic E-state index is 9.86. The van der Waals surface area contributed by atoms with Crippen LogP contribution in [-0.2, 0) is 13.5 Å². The molecule has 1 aliphatic rings. The Bertz CT molecular complexity index is 567. The first-order valence-electron chi connectivity index (χ1n) is 6.14. The lowest BCUT2D eigenvalue weighted by Gasteiger charge is -2.06. The second kappa shape index (κ2) is 3.50. The van der Waals surface area contributed by atoms with Gasteiger partial charge in [-0.2, -0.15) is 0 Å². The minimum atomic E-state index is 0.0962. The molecule has 0 bridgehead atoms. The van der Waals surface area contributed by atoms with Crippen LogP contribution in [0.4, 0.5) is 0 Å². The van der Waals surface area contributed by atoms with Crippen LogP contribution in [0.3, 0.4) is 0 Å². The number of phenols is 1. The van der Waals surface area contributed by atoms with E-state index in [-0.39, 0.29) is 5.54 Å². The molecule has 0 radical (unpaired) electrons. The van der Waals surface area contributed by atoms with Crippen molar-refractivity contribution < 1.29 is 5.11 Å². The Labute approximate surface area is 101 Å². The Kier molecular flexibility index (Phi) is 2.20. The van der Waals surface area contributed by atoms with Crippen LogP contribution < -0.4 is 5.73 Å². The van der Waals surface area contributed by atoms with E-state index in [0.29, 0.717) is 5.75 Å². The summed E-state index contributed by atoms with van der Waals surface area (Å²) in [6, 6.07) is 5.70. The van der Waals surface area contributed by atoms with Crippen molar-refractivity contribution in [2.75, 3.05) is 0 Å². The molecule has 3 heteroatoms. The number of aromatic hydroxyl groups is 1. The topological polar surface area (TPSA) is 51.2 Å². The lowest BCUT2D eigenvalue weighted by molar-refractivity contribution is 0.479. The van der Waals surface area contributed by atoms with Crippen LogP contribution in [0, 0.1) is 0 Å². The molecule has 2 aromatic rings. The van der Waals surface area contributed by atoms with E-state index in [0.717, 1.165) is 36.6 Å². The average molecular weight is 230 g/mol. The van der Waals surface area contributed by atoms with Gasteiger partial charge in [-0.1, -0.05) is 12.1 Å². The summed E-state index contributed by atoms with van der Waals surface area (Å²) in [7, 11) is 1.97. The maximum Gasteiger partial charge on any atom is 0.139 e. The lowest BCUT2D eigenvalue weighted by Crippen LogP contribution is -2.21. The summed E-state index contributed by atoms with van der Waals surface area (Å²) < 4.78 is 2.00. The van der Waals surface area contributed by atoms with Crippen molar-refractivity contribution in [2.24, 2.45) is 12.8 Å². The third kappa shape index (κ3) is 1.80. The summed E-state index contributed by atoms with van der Waals surface area (Å²) in [5, 5.41) is 11.0. The van der Waals surface area contributed by atoms with Crippen LogP contribution in [0.15, 0.2) is 24.4 Å². The zero-order chi connectivity index (χ0) is 12.0. The molecule has 0 spiro atoms. The number of phenolic OH excluding ortho intramolecular Hbond substituents is 1. The van der Waals surface area contributed by atoms with E-state index in [1.807, 2.05) is 17.7 Å². The highest BCUT2D eigenvalue weighted by Gasteiger charge is 2.37. The van der Waals surface area contributed by atoms with Crippen molar-refractivity contribution >= 4 is 10.9 Å². The molecule has 17 heavy (non-hydrogen) atoms. The number of rotatable bonds is 3. The number of nitrogens with two attached hydrogens (primary N) is 1. The van der Waals surface area contributed by atoms with E-state index in [1.165, 1.54) is 5.56 Å². The van der Waals surface area contributed by atoms with Gasteiger partial charge in [0.15, 0.2) is 0 Å². The molecule has 0 saturated heterocycles. The minimum Gasteiger partial charge on any atom is -0.506 e. The third-order valence-electron chi connectivity index (χ3n) is 3.85. The lowest BCUT2D eigenvalue weighted by atomic mass is 10.0. The molecular formula is C14H18N2O. The van der Waals surface area contributed by atoms with E-state index < -0.39 is 0 Å². The van der Waals surface area contributed by atoms with Crippen molar-refractivity contribution in [2.45, 2.75) is 31.2 Å². The minimum absolute atomic E-state index is 0.0962. The first-order chi connectivity index (χ1) is 8.09. The fraction of sp³-hybridized carbons (Fsp3) is 0.429. The number of aromatic nitrogens is 1. The molecule has 1 fully saturated rings. The van der Waals surface area contributed by atoms with Gasteiger partial charge in [-0.3, -0.25) is 0 Å². The van der Waals surface area contributed by atoms with E-state index in [1.54, 1.807) is 6.07 Å². The SMILES string of the molecule is Cn1cc(CCC2(N)CC2)c2cccc(O)c21. The predicted molar refractivity (Wildman–Crippen MR) is 69.1 cm³/mol. The van der Waals surface area contributed by atoms with Crippen LogP contribution in [0.1, 0.15) is 24.8 Å². The van der Waals surface area contributed by atoms with Gasteiger partial charge in [0.25, 0.3) is 0 Å². The van der Waals surface area contributed by atoms with Crippen LogP contribution in [0.5, 0.6) is 5.75 Å². The summed E-state index contributed by atoms with van der Waals surface area (Å²) in [5.74, 6) is 0.352. The van der Waals surface area contributed by atoms with Crippen molar-refractivity contribution in [1.29, 1.82) is 0 Å². The zero-order valence-electron chi connectivity index (χ0n) is 10.1. The highest BCUT2D eigenvalue weighted by atomic mass is 16.3. The number of fused-ring (bicyclic) bond motifs is 1. The van der Waals surface area contributed by atoms with Crippen LogP contribution in [-0.4, -0.2) is 15.2 Å². The van der Waals surface area contributed by atoms with Gasteiger partial charge in [0.2, 0.25) is 0 Å². The third-order valence-corrected chi connectivity index (χ3v) is 3.85. The Morgan fingerprint density at radius 3 is 2.88 bits per heavy atom. The highest BCUT2D eigenvalue weighted by molar-refractivity contribution is 5.88. The van der Waals surface area contributed by atoms with E-state index in [2.05, 4.69) is 12.3 Å². The summed E-state index contributed by atoms with van der Waals surface area (Å²) in [6.45, 7) is 0. The second-order valence-electron chi connectivity index (χ2n) is 5.30. The molecular weight excluding hydrogens is 212 g/mol. The second-order valence-corrected chi connectivity index (χ2v) is 5.30. The molecule has 1 heterocycles. The van der Waals surface area contributed by atoms with Crippen molar-refractivity contribution in [1.82, 2.24) is 4.57 Å². The summed E-state index contributed by atoms with van der Waals surface area (Å²) in [4.78, 5) is 0. The number of nitrogens with zero attached hydrogens (tertiary/aromatic N) is 1. The Balaban J connectivity index is 1.96. The fourth-order valence-electron chi connectivity index (χ4n) is 2.52. The first-order valence-corrected chi connectivity index (χ1v) is 6.14. The van der Waals surface area contributed by atoms with E-state index in [9.17, 15) is 5.11 Å². The van der Waals surface area contributed by atoms with Gasteiger partial charge < -0.3 is 15.4 Å². The predicted octanol–water partition coefficient (Wildman–Crippen LogP) is 2.31. The number of hydrogen-bond acceptors (Lipinski definition) is 2. The molecule has 3 N–H and O–H groups in total. The van der Waals surface area contributed by atoms with Gasteiger partial charge >= 0.3 is 0 Å². The Hall–Kier alpha value is -1.48. The number of hydrogen-bond donors (Lipinski definition) is 2. The molecule has 90 valence electrons. The fourth-order valence-corrected chi connectivity index (χ4v) is 2.52. The molecule has 1 aromatic heterocycles. The first kappa shape index (κ1) is 10.7. The van der Waals surface area contributed by atoms with Gasteiger partial charge in [0.05, 0.1) is 5.52 Å². The highest BCUT2D eigenvalue weighted by Crippen LogP contribution is 2.38. The van der Waals surface area contributed by atoms with Crippen LogP contribution in [0.2, 0.25) is 0 Å². The normalized spacial score (nSPS) is 17.5. The van der Waals surface area contributed by atoms with E-state index >= 15 is 0 Å². The maximum atomic E-state index is 9.86. The van der Waals surface area contributed by atoms with Gasteiger partial charge in [0.1, 0.15) is 5.75 Å². The Morgan fingerprint density at radius 2 is 2.18 bits per heavy atom. The van der Waals surface area contributed by atoms with Crippen molar-refractivity contribution in [3.8, 4) is 5.75 Å². The van der Waals surface area contributed by atoms with Gasteiger partial charge in [-0.25, -0.2) is 0 Å². The molecule has 0 amide bonds. The molecule has 1 saturated carbocycles. The summed E-state index contributed by atoms with van der Waals surface area (Å²) in [5.41, 5.74) is 8.42. The van der Waals surface area contributed by atoms with Crippen LogP contribution >= 0.6 is 0 Å². The smallest absolute Gasteiger partial charge is 0.139 e. The van der Waals surface area contributed by atoms with E-state index in [4.69, 9.17) is 5.73 Å². The zero-order valence-corrected chi connectivity index (χ0v) is 10.1. The number of benzene rings is 1. The quantitative estimate of drug-likeness (QED) is 0.850. The van der Waals surface area contributed by atoms with Gasteiger partial charge in [-0.05, 0) is 37.3 Å². The molecule has 0 aliphatic heterocycles. The van der Waals surface area contributed by atoms with Gasteiger partial charge in [0, 0.05) is 24.2 Å². The summed E-state index contributed by atoms with van der Waals surface area (Å²) >= 11 is 0. The molecule has 0 atom stereocenters. The van der Waals surface area contributed by atoms with Crippen molar-refractivity contribution in [3.63, 3.8) is 0 Å². The number of aryl methyl sites for hydroxylation is 2. The molecule has 1 aliphatic carbocycles. The molecule has 1 aromatic carbocycles. The van der Waals surface area contributed by atoms with Gasteiger partial charge in [-0.15, -0.1) is 0 Å². The van der Waals surface area contributed by atoms with Crippen LogP contribution in [0.25, 0.3) is 10.9 Å². The molecule has 3 rings (SSSR count). The largest absolute Gasteiger partial charge is 0.506 e. The molecule has 0 unspecified atom stereocenters. The number of para-hydroxylation sites is 1. The van der Waals surface area contributed by atoms with Crippen molar-refractivity contribution in [3.05, 3.63) is 30.0 Å².